The Labute approximate surface area is 104 Å². The van der Waals surface area contributed by atoms with Crippen molar-refractivity contribution in [3.05, 3.63) is 60.2 Å². The van der Waals surface area contributed by atoms with Crippen molar-refractivity contribution in [3.8, 4) is 11.4 Å². The number of pyridine rings is 1. The predicted octanol–water partition coefficient (Wildman–Crippen LogP) is 2.60. The first kappa shape index (κ1) is 10.9. The van der Waals surface area contributed by atoms with Gasteiger partial charge in [-0.2, -0.15) is 0 Å². The fraction of sp³-hybridized carbons (Fsp3) is 0.0714. The van der Waals surface area contributed by atoms with Crippen LogP contribution in [0.1, 0.15) is 5.69 Å². The molecule has 90 valence electrons. The molecular formula is C14H12FN3. The van der Waals surface area contributed by atoms with E-state index in [1.165, 1.54) is 12.1 Å². The topological polar surface area (TPSA) is 43.3 Å². The van der Waals surface area contributed by atoms with E-state index in [1.54, 1.807) is 18.3 Å². The van der Waals surface area contributed by atoms with Gasteiger partial charge < -0.3 is 5.73 Å². The van der Waals surface area contributed by atoms with Crippen LogP contribution >= 0.6 is 0 Å². The molecule has 0 fully saturated rings. The molecule has 0 unspecified atom stereocenters. The smallest absolute Gasteiger partial charge is 0.144 e. The van der Waals surface area contributed by atoms with Gasteiger partial charge in [0, 0.05) is 17.8 Å². The molecule has 1 aromatic carbocycles. The Kier molecular flexibility index (Phi) is 2.57. The SMILES string of the molecule is NCc1cccc2cnc(-c3ccc(F)cc3)n12. The highest BCUT2D eigenvalue weighted by Gasteiger charge is 2.08. The molecule has 2 aromatic heterocycles. The van der Waals surface area contributed by atoms with Crippen LogP contribution in [0.2, 0.25) is 0 Å². The molecular weight excluding hydrogens is 229 g/mol. The molecule has 0 spiro atoms. The molecule has 0 bridgehead atoms. The van der Waals surface area contributed by atoms with Crippen LogP contribution in [0.5, 0.6) is 0 Å². The van der Waals surface area contributed by atoms with Crippen LogP contribution in [0.4, 0.5) is 4.39 Å². The van der Waals surface area contributed by atoms with E-state index in [1.807, 2.05) is 22.6 Å². The van der Waals surface area contributed by atoms with Gasteiger partial charge in [-0.15, -0.1) is 0 Å². The summed E-state index contributed by atoms with van der Waals surface area (Å²) in [5.41, 5.74) is 8.57. The number of nitrogens with zero attached hydrogens (tertiary/aromatic N) is 2. The van der Waals surface area contributed by atoms with Crippen molar-refractivity contribution in [2.45, 2.75) is 6.54 Å². The lowest BCUT2D eigenvalue weighted by Crippen LogP contribution is -2.04. The van der Waals surface area contributed by atoms with E-state index in [0.717, 1.165) is 22.6 Å². The molecule has 0 amide bonds. The van der Waals surface area contributed by atoms with Crippen LogP contribution < -0.4 is 5.73 Å². The minimum atomic E-state index is -0.251. The Balaban J connectivity index is 2.26. The third-order valence-corrected chi connectivity index (χ3v) is 2.94. The van der Waals surface area contributed by atoms with Gasteiger partial charge in [-0.3, -0.25) is 4.40 Å². The van der Waals surface area contributed by atoms with Crippen LogP contribution in [0.3, 0.4) is 0 Å². The Hall–Kier alpha value is -2.20. The second-order valence-corrected chi connectivity index (χ2v) is 4.07. The van der Waals surface area contributed by atoms with Gasteiger partial charge in [0.15, 0.2) is 0 Å². The first-order valence-electron chi connectivity index (χ1n) is 5.71. The van der Waals surface area contributed by atoms with Crippen molar-refractivity contribution in [1.29, 1.82) is 0 Å². The highest BCUT2D eigenvalue weighted by molar-refractivity contribution is 5.63. The van der Waals surface area contributed by atoms with E-state index >= 15 is 0 Å². The van der Waals surface area contributed by atoms with Gasteiger partial charge in [-0.25, -0.2) is 9.37 Å². The maximum Gasteiger partial charge on any atom is 0.144 e. The second-order valence-electron chi connectivity index (χ2n) is 4.07. The van der Waals surface area contributed by atoms with Crippen molar-refractivity contribution < 1.29 is 4.39 Å². The molecule has 3 aromatic rings. The number of hydrogen-bond acceptors (Lipinski definition) is 2. The lowest BCUT2D eigenvalue weighted by atomic mass is 10.2. The summed E-state index contributed by atoms with van der Waals surface area (Å²) in [7, 11) is 0. The monoisotopic (exact) mass is 241 g/mol. The number of imidazole rings is 1. The van der Waals surface area contributed by atoms with Crippen molar-refractivity contribution in [3.63, 3.8) is 0 Å². The van der Waals surface area contributed by atoms with Crippen LogP contribution in [0.15, 0.2) is 48.7 Å². The maximum atomic E-state index is 12.9. The Morgan fingerprint density at radius 3 is 2.61 bits per heavy atom. The van der Waals surface area contributed by atoms with Gasteiger partial charge >= 0.3 is 0 Å². The van der Waals surface area contributed by atoms with E-state index in [0.29, 0.717) is 6.54 Å². The minimum Gasteiger partial charge on any atom is -0.325 e. The number of hydrogen-bond donors (Lipinski definition) is 1. The van der Waals surface area contributed by atoms with E-state index in [-0.39, 0.29) is 5.82 Å². The van der Waals surface area contributed by atoms with Gasteiger partial charge in [0.25, 0.3) is 0 Å². The number of benzene rings is 1. The van der Waals surface area contributed by atoms with Crippen LogP contribution in [-0.2, 0) is 6.54 Å². The molecule has 0 aliphatic carbocycles. The predicted molar refractivity (Wildman–Crippen MR) is 68.5 cm³/mol. The van der Waals surface area contributed by atoms with E-state index in [2.05, 4.69) is 4.98 Å². The Morgan fingerprint density at radius 1 is 1.11 bits per heavy atom. The Morgan fingerprint density at radius 2 is 1.89 bits per heavy atom. The summed E-state index contributed by atoms with van der Waals surface area (Å²) in [4.78, 5) is 4.39. The minimum absolute atomic E-state index is 0.251. The molecule has 0 atom stereocenters. The molecule has 2 heterocycles. The molecule has 2 N–H and O–H groups in total. The number of nitrogens with two attached hydrogens (primary N) is 1. The van der Waals surface area contributed by atoms with Gasteiger partial charge in [-0.1, -0.05) is 6.07 Å². The van der Waals surface area contributed by atoms with Crippen molar-refractivity contribution in [2.75, 3.05) is 0 Å². The zero-order chi connectivity index (χ0) is 12.5. The highest BCUT2D eigenvalue weighted by Crippen LogP contribution is 2.21. The second kappa shape index (κ2) is 4.23. The zero-order valence-corrected chi connectivity index (χ0v) is 9.68. The lowest BCUT2D eigenvalue weighted by Gasteiger charge is -2.06. The average Bonchev–Trinajstić information content (AvgIpc) is 2.83. The first-order valence-corrected chi connectivity index (χ1v) is 5.71. The summed E-state index contributed by atoms with van der Waals surface area (Å²) in [6.07, 6.45) is 1.79. The number of rotatable bonds is 2. The summed E-state index contributed by atoms with van der Waals surface area (Å²) in [6.45, 7) is 0.432. The molecule has 18 heavy (non-hydrogen) atoms. The Bertz CT molecular complexity index is 686. The van der Waals surface area contributed by atoms with Crippen molar-refractivity contribution in [2.24, 2.45) is 5.73 Å². The van der Waals surface area contributed by atoms with Crippen LogP contribution in [0, 0.1) is 5.82 Å². The molecule has 0 saturated carbocycles. The van der Waals surface area contributed by atoms with Gasteiger partial charge in [0.1, 0.15) is 11.6 Å². The largest absolute Gasteiger partial charge is 0.325 e. The van der Waals surface area contributed by atoms with Crippen molar-refractivity contribution in [1.82, 2.24) is 9.38 Å². The molecule has 3 rings (SSSR count). The molecule has 0 aliphatic rings. The summed E-state index contributed by atoms with van der Waals surface area (Å²) in [5.74, 6) is 0.532. The molecule has 0 radical (unpaired) electrons. The fourth-order valence-electron chi connectivity index (χ4n) is 2.08. The van der Waals surface area contributed by atoms with Gasteiger partial charge in [0.2, 0.25) is 0 Å². The van der Waals surface area contributed by atoms with Crippen molar-refractivity contribution >= 4 is 5.52 Å². The third-order valence-electron chi connectivity index (χ3n) is 2.94. The average molecular weight is 241 g/mol. The number of fused-ring (bicyclic) bond motifs is 1. The quantitative estimate of drug-likeness (QED) is 0.749. The zero-order valence-electron chi connectivity index (χ0n) is 9.68. The van der Waals surface area contributed by atoms with Crippen LogP contribution in [-0.4, -0.2) is 9.38 Å². The molecule has 3 nitrogen and oxygen atoms in total. The molecule has 0 saturated heterocycles. The van der Waals surface area contributed by atoms with E-state index < -0.39 is 0 Å². The lowest BCUT2D eigenvalue weighted by molar-refractivity contribution is 0.628. The standard InChI is InChI=1S/C14H12FN3/c15-11-6-4-10(5-7-11)14-17-9-13-3-1-2-12(8-16)18(13)14/h1-7,9H,8,16H2. The number of aromatic nitrogens is 2. The van der Waals surface area contributed by atoms with Crippen LogP contribution in [0.25, 0.3) is 16.9 Å². The fourth-order valence-corrected chi connectivity index (χ4v) is 2.08. The normalized spacial score (nSPS) is 11.0. The summed E-state index contributed by atoms with van der Waals surface area (Å²) in [5, 5.41) is 0. The molecule has 4 heteroatoms. The van der Waals surface area contributed by atoms with Gasteiger partial charge in [-0.05, 0) is 36.4 Å². The van der Waals surface area contributed by atoms with E-state index in [9.17, 15) is 4.39 Å². The molecule has 0 aliphatic heterocycles. The summed E-state index contributed by atoms with van der Waals surface area (Å²) >= 11 is 0. The van der Waals surface area contributed by atoms with Gasteiger partial charge in [0.05, 0.1) is 11.7 Å². The third kappa shape index (κ3) is 1.67. The number of halogens is 1. The first-order chi connectivity index (χ1) is 8.79. The van der Waals surface area contributed by atoms with E-state index in [4.69, 9.17) is 5.73 Å². The summed E-state index contributed by atoms with van der Waals surface area (Å²) < 4.78 is 14.9. The maximum absolute atomic E-state index is 12.9. The highest BCUT2D eigenvalue weighted by atomic mass is 19.1. The summed E-state index contributed by atoms with van der Waals surface area (Å²) in [6, 6.07) is 12.2.